The molecule has 98 valence electrons. The van der Waals surface area contributed by atoms with Crippen molar-refractivity contribution in [2.75, 3.05) is 18.5 Å². The van der Waals surface area contributed by atoms with E-state index in [1.807, 2.05) is 12.1 Å². The number of nitrogens with zero attached hydrogens (tertiary/aromatic N) is 1. The van der Waals surface area contributed by atoms with Crippen LogP contribution >= 0.6 is 0 Å². The summed E-state index contributed by atoms with van der Waals surface area (Å²) >= 11 is 0. The van der Waals surface area contributed by atoms with E-state index < -0.39 is 0 Å². The molecule has 4 heteroatoms. The highest BCUT2D eigenvalue weighted by molar-refractivity contribution is 5.95. The van der Waals surface area contributed by atoms with Gasteiger partial charge in [0, 0.05) is 18.8 Å². The first-order valence-corrected chi connectivity index (χ1v) is 6.35. The highest BCUT2D eigenvalue weighted by atomic mass is 16.3. The van der Waals surface area contributed by atoms with Crippen LogP contribution in [0, 0.1) is 5.41 Å². The number of guanidine groups is 1. The second-order valence-corrected chi connectivity index (χ2v) is 5.44. The van der Waals surface area contributed by atoms with Crippen LogP contribution in [0.3, 0.4) is 0 Å². The summed E-state index contributed by atoms with van der Waals surface area (Å²) in [6.45, 7) is 5.99. The van der Waals surface area contributed by atoms with Crippen molar-refractivity contribution >= 4 is 11.6 Å². The van der Waals surface area contributed by atoms with Gasteiger partial charge >= 0.3 is 0 Å². The van der Waals surface area contributed by atoms with Gasteiger partial charge in [-0.1, -0.05) is 32.0 Å². The minimum atomic E-state index is 0.0654. The fourth-order valence-electron chi connectivity index (χ4n) is 1.93. The molecule has 1 aromatic carbocycles. The van der Waals surface area contributed by atoms with Crippen LogP contribution in [0.4, 0.5) is 5.69 Å². The minimum Gasteiger partial charge on any atom is -0.396 e. The first kappa shape index (κ1) is 12.9. The van der Waals surface area contributed by atoms with E-state index in [2.05, 4.69) is 41.6 Å². The lowest BCUT2D eigenvalue weighted by Gasteiger charge is -2.26. The van der Waals surface area contributed by atoms with Crippen molar-refractivity contribution in [3.05, 3.63) is 29.8 Å². The van der Waals surface area contributed by atoms with E-state index >= 15 is 0 Å². The summed E-state index contributed by atoms with van der Waals surface area (Å²) in [7, 11) is 0. The SMILES string of the molecule is CC(C)(CCO)CNC1=NCc2ccccc2N1. The van der Waals surface area contributed by atoms with Crippen LogP contribution in [-0.2, 0) is 6.54 Å². The Morgan fingerprint density at radius 2 is 2.17 bits per heavy atom. The predicted octanol–water partition coefficient (Wildman–Crippen LogP) is 1.97. The number of aliphatic hydroxyl groups is 1. The average molecular weight is 247 g/mol. The molecule has 1 aliphatic rings. The molecule has 4 nitrogen and oxygen atoms in total. The first-order chi connectivity index (χ1) is 8.61. The van der Waals surface area contributed by atoms with E-state index in [1.165, 1.54) is 5.56 Å². The van der Waals surface area contributed by atoms with E-state index in [0.717, 1.165) is 24.6 Å². The molecule has 1 aliphatic heterocycles. The van der Waals surface area contributed by atoms with Crippen LogP contribution in [0.5, 0.6) is 0 Å². The highest BCUT2D eigenvalue weighted by Gasteiger charge is 2.18. The molecule has 0 saturated carbocycles. The third kappa shape index (κ3) is 3.23. The normalized spacial score (nSPS) is 14.5. The molecule has 0 spiro atoms. The number of hydrogen-bond donors (Lipinski definition) is 3. The minimum absolute atomic E-state index is 0.0654. The van der Waals surface area contributed by atoms with Crippen LogP contribution < -0.4 is 10.6 Å². The van der Waals surface area contributed by atoms with E-state index in [1.54, 1.807) is 0 Å². The average Bonchev–Trinajstić information content (AvgIpc) is 2.36. The van der Waals surface area contributed by atoms with Crippen LogP contribution in [0.2, 0.25) is 0 Å². The summed E-state index contributed by atoms with van der Waals surface area (Å²) < 4.78 is 0. The molecule has 0 atom stereocenters. The van der Waals surface area contributed by atoms with Crippen molar-refractivity contribution in [1.29, 1.82) is 0 Å². The predicted molar refractivity (Wildman–Crippen MR) is 74.7 cm³/mol. The summed E-state index contributed by atoms with van der Waals surface area (Å²) in [6.07, 6.45) is 0.782. The molecule has 0 unspecified atom stereocenters. The van der Waals surface area contributed by atoms with Crippen molar-refractivity contribution in [2.24, 2.45) is 10.4 Å². The number of para-hydroxylation sites is 1. The molecule has 18 heavy (non-hydrogen) atoms. The van der Waals surface area contributed by atoms with Gasteiger partial charge in [0.05, 0.1) is 6.54 Å². The maximum Gasteiger partial charge on any atom is 0.196 e. The van der Waals surface area contributed by atoms with Crippen molar-refractivity contribution in [3.63, 3.8) is 0 Å². The monoisotopic (exact) mass is 247 g/mol. The Morgan fingerprint density at radius 3 is 2.94 bits per heavy atom. The van der Waals surface area contributed by atoms with Crippen LogP contribution in [0.15, 0.2) is 29.3 Å². The Bertz CT molecular complexity index is 440. The number of nitrogens with one attached hydrogen (secondary N) is 2. The Balaban J connectivity index is 1.92. The lowest BCUT2D eigenvalue weighted by molar-refractivity contribution is 0.212. The second kappa shape index (κ2) is 5.40. The van der Waals surface area contributed by atoms with Crippen LogP contribution in [-0.4, -0.2) is 24.2 Å². The largest absolute Gasteiger partial charge is 0.396 e. The van der Waals surface area contributed by atoms with Gasteiger partial charge in [0.1, 0.15) is 0 Å². The smallest absolute Gasteiger partial charge is 0.196 e. The summed E-state index contributed by atoms with van der Waals surface area (Å²) in [6, 6.07) is 8.19. The molecule has 0 radical (unpaired) electrons. The zero-order valence-corrected chi connectivity index (χ0v) is 11.0. The molecule has 0 saturated heterocycles. The lowest BCUT2D eigenvalue weighted by Crippen LogP contribution is -2.39. The standard InChI is InChI=1S/C14H21N3O/c1-14(2,7-8-18)10-16-13-15-9-11-5-3-4-6-12(11)17-13/h3-6,18H,7-10H2,1-2H3,(H2,15,16,17). The van der Waals surface area contributed by atoms with Gasteiger partial charge in [-0.05, 0) is 23.5 Å². The van der Waals surface area contributed by atoms with Gasteiger partial charge in [-0.3, -0.25) is 0 Å². The summed E-state index contributed by atoms with van der Waals surface area (Å²) in [5.41, 5.74) is 2.41. The number of aliphatic hydroxyl groups excluding tert-OH is 1. The Hall–Kier alpha value is -1.55. The van der Waals surface area contributed by atoms with E-state index in [-0.39, 0.29) is 12.0 Å². The van der Waals surface area contributed by atoms with Crippen LogP contribution in [0.1, 0.15) is 25.8 Å². The molecule has 0 fully saturated rings. The molecule has 1 heterocycles. The molecule has 3 N–H and O–H groups in total. The Kier molecular flexibility index (Phi) is 3.87. The first-order valence-electron chi connectivity index (χ1n) is 6.35. The van der Waals surface area contributed by atoms with Gasteiger partial charge in [-0.15, -0.1) is 0 Å². The van der Waals surface area contributed by atoms with Crippen molar-refractivity contribution in [3.8, 4) is 0 Å². The van der Waals surface area contributed by atoms with Gasteiger partial charge in [0.2, 0.25) is 0 Å². The molecule has 0 bridgehead atoms. The number of benzene rings is 1. The molecule has 0 aliphatic carbocycles. The van der Waals surface area contributed by atoms with E-state index in [0.29, 0.717) is 6.54 Å². The quantitative estimate of drug-likeness (QED) is 0.762. The number of fused-ring (bicyclic) bond motifs is 1. The van der Waals surface area contributed by atoms with Crippen molar-refractivity contribution < 1.29 is 5.11 Å². The summed E-state index contributed by atoms with van der Waals surface area (Å²) in [5, 5.41) is 15.6. The third-order valence-corrected chi connectivity index (χ3v) is 3.20. The van der Waals surface area contributed by atoms with E-state index in [9.17, 15) is 0 Å². The topological polar surface area (TPSA) is 56.6 Å². The fourth-order valence-corrected chi connectivity index (χ4v) is 1.93. The zero-order valence-electron chi connectivity index (χ0n) is 11.0. The third-order valence-electron chi connectivity index (χ3n) is 3.20. The van der Waals surface area contributed by atoms with E-state index in [4.69, 9.17) is 5.11 Å². The molecule has 0 aromatic heterocycles. The van der Waals surface area contributed by atoms with Gasteiger partial charge in [-0.2, -0.15) is 0 Å². The summed E-state index contributed by atoms with van der Waals surface area (Å²) in [4.78, 5) is 4.47. The van der Waals surface area contributed by atoms with Gasteiger partial charge in [-0.25, -0.2) is 4.99 Å². The number of rotatable bonds is 4. The number of aliphatic imine (C=N–C) groups is 1. The molecule has 0 amide bonds. The molecule has 1 aromatic rings. The zero-order chi connectivity index (χ0) is 13.0. The molecule has 2 rings (SSSR count). The van der Waals surface area contributed by atoms with Gasteiger partial charge < -0.3 is 15.7 Å². The molecular formula is C14H21N3O. The Morgan fingerprint density at radius 1 is 1.39 bits per heavy atom. The van der Waals surface area contributed by atoms with Crippen molar-refractivity contribution in [2.45, 2.75) is 26.8 Å². The Labute approximate surface area is 108 Å². The fraction of sp³-hybridized carbons (Fsp3) is 0.500. The van der Waals surface area contributed by atoms with Crippen LogP contribution in [0.25, 0.3) is 0 Å². The van der Waals surface area contributed by atoms with Crippen molar-refractivity contribution in [1.82, 2.24) is 5.32 Å². The highest BCUT2D eigenvalue weighted by Crippen LogP contribution is 2.21. The maximum absolute atomic E-state index is 9.00. The molecular weight excluding hydrogens is 226 g/mol. The summed E-state index contributed by atoms with van der Waals surface area (Å²) in [5.74, 6) is 0.819. The number of hydrogen-bond acceptors (Lipinski definition) is 4. The lowest BCUT2D eigenvalue weighted by atomic mass is 9.90. The van der Waals surface area contributed by atoms with Gasteiger partial charge in [0.15, 0.2) is 5.96 Å². The maximum atomic E-state index is 9.00. The number of anilines is 1. The van der Waals surface area contributed by atoms with Gasteiger partial charge in [0.25, 0.3) is 0 Å². The second-order valence-electron chi connectivity index (χ2n) is 5.44.